The van der Waals surface area contributed by atoms with Gasteiger partial charge >= 0.3 is 6.18 Å². The number of carbonyl (C=O) groups is 1. The molecule has 11 heteroatoms. The first kappa shape index (κ1) is 27.1. The van der Waals surface area contributed by atoms with Crippen LogP contribution in [-0.2, 0) is 24.1 Å². The van der Waals surface area contributed by atoms with Gasteiger partial charge in [-0.25, -0.2) is 9.24 Å². The van der Waals surface area contributed by atoms with Crippen molar-refractivity contribution in [1.82, 2.24) is 20.0 Å². The number of alkyl halides is 3. The average molecular weight is 558 g/mol. The van der Waals surface area contributed by atoms with Gasteiger partial charge in [-0.3, -0.25) is 9.48 Å². The lowest BCUT2D eigenvalue weighted by Gasteiger charge is -2.34. The van der Waals surface area contributed by atoms with E-state index in [2.05, 4.69) is 15.3 Å². The van der Waals surface area contributed by atoms with Gasteiger partial charge in [-0.2, -0.15) is 29.6 Å². The lowest BCUT2D eigenvalue weighted by atomic mass is 9.82. The molecule has 0 radical (unpaired) electrons. The van der Waals surface area contributed by atoms with Crippen LogP contribution in [0.1, 0.15) is 52.9 Å². The third-order valence-electron chi connectivity index (χ3n) is 7.36. The Morgan fingerprint density at radius 1 is 1.36 bits per heavy atom. The summed E-state index contributed by atoms with van der Waals surface area (Å²) in [6, 6.07) is 4.33. The van der Waals surface area contributed by atoms with Crippen LogP contribution in [-0.4, -0.2) is 39.7 Å². The Hall–Kier alpha value is -3.49. The van der Waals surface area contributed by atoms with Crippen molar-refractivity contribution >= 4 is 22.2 Å². The number of amides is 1. The molecule has 204 valence electrons. The molecule has 2 atom stereocenters. The Balaban J connectivity index is 1.64. The van der Waals surface area contributed by atoms with Gasteiger partial charge in [-0.15, -0.1) is 0 Å². The molecule has 1 fully saturated rings. The molecular formula is C28H27F4N5OS. The first-order chi connectivity index (χ1) is 18.6. The molecule has 0 unspecified atom stereocenters. The first-order valence-corrected chi connectivity index (χ1v) is 13.6. The molecule has 1 N–H and O–H groups in total. The van der Waals surface area contributed by atoms with Gasteiger partial charge in [-0.05, 0) is 56.0 Å². The van der Waals surface area contributed by atoms with Crippen LogP contribution in [0.5, 0.6) is 0 Å². The van der Waals surface area contributed by atoms with Crippen LogP contribution in [0.2, 0.25) is 0 Å². The summed E-state index contributed by atoms with van der Waals surface area (Å²) in [6.45, 7) is 12.6. The van der Waals surface area contributed by atoms with Crippen LogP contribution in [0, 0.1) is 19.3 Å². The number of rotatable bonds is 5. The number of aryl methyl sites for hydroxylation is 1. The van der Waals surface area contributed by atoms with Gasteiger partial charge in [0.2, 0.25) is 10.9 Å². The Morgan fingerprint density at radius 3 is 2.82 bits per heavy atom. The van der Waals surface area contributed by atoms with Crippen LogP contribution in [0.15, 0.2) is 36.5 Å². The summed E-state index contributed by atoms with van der Waals surface area (Å²) in [7, 11) is 0. The van der Waals surface area contributed by atoms with E-state index < -0.39 is 23.6 Å². The topological polar surface area (TPSA) is 54.5 Å². The van der Waals surface area contributed by atoms with Crippen LogP contribution < -0.4 is 5.32 Å². The van der Waals surface area contributed by atoms with Gasteiger partial charge in [0.15, 0.2) is 5.69 Å². The second-order valence-electron chi connectivity index (χ2n) is 9.76. The van der Waals surface area contributed by atoms with Gasteiger partial charge in [0.25, 0.3) is 0 Å². The van der Waals surface area contributed by atoms with E-state index in [9.17, 15) is 18.0 Å². The molecule has 6 nitrogen and oxygen atoms in total. The minimum absolute atomic E-state index is 0.119. The normalized spacial score (nSPS) is 19.5. The van der Waals surface area contributed by atoms with Crippen molar-refractivity contribution in [1.29, 1.82) is 0 Å². The smallest absolute Gasteiger partial charge is 0.333 e. The molecule has 1 saturated heterocycles. The maximum atomic E-state index is 15.5. The fourth-order valence-corrected chi connectivity index (χ4v) is 6.66. The highest BCUT2D eigenvalue weighted by molar-refractivity contribution is 7.16. The summed E-state index contributed by atoms with van der Waals surface area (Å²) in [4.78, 5) is 19.3. The Bertz CT molecular complexity index is 1480. The molecule has 0 spiro atoms. The predicted octanol–water partition coefficient (Wildman–Crippen LogP) is 6.43. The standard InChI is InChI=1S/C28H27F4N5OS/c1-4-37-14-20(26(35-37)28(30,31)32)25-18(8-5-9-21(25)29)19-13-36(23(38)11-10-17-7-6-12-34-17)15-22-24(19)16(2)27(33-3)39-22/h5,8-11,14,17,19,34H,4,6-7,12-13,15H2,1-2H3/b11-10+/t17-,19-/m0/s1. The highest BCUT2D eigenvalue weighted by atomic mass is 32.1. The van der Waals surface area contributed by atoms with Crippen molar-refractivity contribution in [3.05, 3.63) is 81.0 Å². The fourth-order valence-electron chi connectivity index (χ4n) is 5.49. The van der Waals surface area contributed by atoms with Crippen molar-refractivity contribution < 1.29 is 22.4 Å². The molecule has 4 heterocycles. The zero-order chi connectivity index (χ0) is 27.9. The SMILES string of the molecule is [C-]#[N+]c1sc2c(c1C)[C@H](c1cccc(F)c1-c1cn(CC)nc1C(F)(F)F)CN(C(=O)/C=C/[C@@H]1CCCN1)C2. The number of aromatic nitrogens is 2. The Kier molecular flexibility index (Phi) is 7.35. The predicted molar refractivity (Wildman–Crippen MR) is 141 cm³/mol. The van der Waals surface area contributed by atoms with Crippen LogP contribution in [0.3, 0.4) is 0 Å². The highest BCUT2D eigenvalue weighted by Gasteiger charge is 2.40. The summed E-state index contributed by atoms with van der Waals surface area (Å²) < 4.78 is 58.7. The molecule has 0 bridgehead atoms. The van der Waals surface area contributed by atoms with E-state index in [-0.39, 0.29) is 42.7 Å². The number of nitrogens with one attached hydrogen (secondary N) is 1. The van der Waals surface area contributed by atoms with Gasteiger partial charge in [-0.1, -0.05) is 18.2 Å². The van der Waals surface area contributed by atoms with Gasteiger partial charge in [0, 0.05) is 53.3 Å². The quantitative estimate of drug-likeness (QED) is 0.224. The summed E-state index contributed by atoms with van der Waals surface area (Å²) in [5, 5.41) is 7.46. The zero-order valence-corrected chi connectivity index (χ0v) is 22.3. The van der Waals surface area contributed by atoms with E-state index in [0.29, 0.717) is 16.1 Å². The van der Waals surface area contributed by atoms with Gasteiger partial charge in [0.05, 0.1) is 13.1 Å². The molecule has 0 aliphatic carbocycles. The number of carbonyl (C=O) groups excluding carboxylic acids is 1. The third-order valence-corrected chi connectivity index (χ3v) is 8.54. The van der Waals surface area contributed by atoms with E-state index in [1.54, 1.807) is 24.8 Å². The van der Waals surface area contributed by atoms with Gasteiger partial charge in [0.1, 0.15) is 5.82 Å². The summed E-state index contributed by atoms with van der Waals surface area (Å²) in [5.41, 5.74) is 0.135. The van der Waals surface area contributed by atoms with E-state index in [0.717, 1.165) is 40.6 Å². The van der Waals surface area contributed by atoms with Crippen LogP contribution in [0.25, 0.3) is 16.0 Å². The number of hydrogen-bond donors (Lipinski definition) is 1. The zero-order valence-electron chi connectivity index (χ0n) is 21.5. The van der Waals surface area contributed by atoms with Crippen molar-refractivity contribution in [2.75, 3.05) is 13.1 Å². The number of fused-ring (bicyclic) bond motifs is 1. The minimum Gasteiger partial charge on any atom is -0.333 e. The highest BCUT2D eigenvalue weighted by Crippen LogP contribution is 2.48. The molecule has 1 aromatic carbocycles. The lowest BCUT2D eigenvalue weighted by Crippen LogP contribution is -2.37. The maximum absolute atomic E-state index is 15.5. The Labute approximate surface area is 227 Å². The molecule has 2 aliphatic rings. The first-order valence-electron chi connectivity index (χ1n) is 12.8. The summed E-state index contributed by atoms with van der Waals surface area (Å²) in [5.74, 6) is -1.66. The Morgan fingerprint density at radius 2 is 2.15 bits per heavy atom. The minimum atomic E-state index is -4.79. The van der Waals surface area contributed by atoms with Crippen LogP contribution in [0.4, 0.5) is 22.6 Å². The molecule has 1 amide bonds. The molecule has 3 aromatic rings. The monoisotopic (exact) mass is 557 g/mol. The number of benzene rings is 1. The average Bonchev–Trinajstić information content (AvgIpc) is 3.65. The van der Waals surface area contributed by atoms with E-state index in [1.807, 2.05) is 6.08 Å². The molecular weight excluding hydrogens is 530 g/mol. The number of nitrogens with zero attached hydrogens (tertiary/aromatic N) is 4. The molecule has 39 heavy (non-hydrogen) atoms. The number of halogens is 4. The van der Waals surface area contributed by atoms with Crippen LogP contribution >= 0.6 is 11.3 Å². The van der Waals surface area contributed by atoms with E-state index >= 15 is 4.39 Å². The van der Waals surface area contributed by atoms with E-state index in [4.69, 9.17) is 6.57 Å². The molecule has 5 rings (SSSR count). The number of hydrogen-bond acceptors (Lipinski definition) is 4. The second-order valence-corrected chi connectivity index (χ2v) is 10.8. The molecule has 2 aromatic heterocycles. The van der Waals surface area contributed by atoms with Crippen molar-refractivity contribution in [3.63, 3.8) is 0 Å². The van der Waals surface area contributed by atoms with Crippen molar-refractivity contribution in [3.8, 4) is 11.1 Å². The van der Waals surface area contributed by atoms with Crippen molar-refractivity contribution in [2.24, 2.45) is 0 Å². The third kappa shape index (κ3) is 5.11. The molecule has 2 aliphatic heterocycles. The summed E-state index contributed by atoms with van der Waals surface area (Å²) in [6.07, 6.45) is 1.77. The molecule has 0 saturated carbocycles. The largest absolute Gasteiger partial charge is 0.435 e. The second kappa shape index (κ2) is 10.6. The lowest BCUT2D eigenvalue weighted by molar-refractivity contribution is -0.141. The summed E-state index contributed by atoms with van der Waals surface area (Å²) >= 11 is 1.27. The van der Waals surface area contributed by atoms with Gasteiger partial charge < -0.3 is 10.2 Å². The van der Waals surface area contributed by atoms with E-state index in [1.165, 1.54) is 29.7 Å². The maximum Gasteiger partial charge on any atom is 0.435 e. The van der Waals surface area contributed by atoms with Crippen molar-refractivity contribution in [2.45, 2.75) is 57.9 Å². The fraction of sp³-hybridized carbons (Fsp3) is 0.393. The number of thiophene rings is 1.